The summed E-state index contributed by atoms with van der Waals surface area (Å²) in [4.78, 5) is 1.91. The summed E-state index contributed by atoms with van der Waals surface area (Å²) < 4.78 is 40.8. The van der Waals surface area contributed by atoms with Crippen molar-refractivity contribution in [1.82, 2.24) is 4.90 Å². The summed E-state index contributed by atoms with van der Waals surface area (Å²) in [6.07, 6.45) is 1.35. The molecule has 0 spiro atoms. The average molecular weight is 281 g/mol. The zero-order valence-corrected chi connectivity index (χ0v) is 10.9. The summed E-state index contributed by atoms with van der Waals surface area (Å²) in [6.45, 7) is 2.61. The summed E-state index contributed by atoms with van der Waals surface area (Å²) in [6, 6.07) is 6.49. The van der Waals surface area contributed by atoms with Gasteiger partial charge in [0, 0.05) is 18.4 Å². The number of ether oxygens (including phenoxy) is 1. The van der Waals surface area contributed by atoms with Crippen LogP contribution < -0.4 is 4.74 Å². The largest absolute Gasteiger partial charge is 0.484 e. The Hall–Kier alpha value is -2.17. The molecule has 5 heteroatoms. The Kier molecular flexibility index (Phi) is 3.88. The smallest absolute Gasteiger partial charge is 0.422 e. The molecule has 0 fully saturated rings. The van der Waals surface area contributed by atoms with Gasteiger partial charge < -0.3 is 9.64 Å². The van der Waals surface area contributed by atoms with Gasteiger partial charge in [0.1, 0.15) is 5.75 Å². The van der Waals surface area contributed by atoms with E-state index in [4.69, 9.17) is 0 Å². The van der Waals surface area contributed by atoms with Crippen molar-refractivity contribution in [2.45, 2.75) is 6.18 Å². The molecule has 1 heterocycles. The van der Waals surface area contributed by atoms with Crippen LogP contribution in [0.5, 0.6) is 5.75 Å². The predicted octanol–water partition coefficient (Wildman–Crippen LogP) is 3.98. The van der Waals surface area contributed by atoms with E-state index < -0.39 is 12.8 Å². The Morgan fingerprint density at radius 1 is 1.20 bits per heavy atom. The third kappa shape index (κ3) is 3.44. The molecular weight excluding hydrogens is 267 g/mol. The normalized spacial score (nSPS) is 15.3. The minimum absolute atomic E-state index is 0.194. The summed E-state index contributed by atoms with van der Waals surface area (Å²) in [5.74, 6) is 0.194. The lowest BCUT2D eigenvalue weighted by molar-refractivity contribution is -0.153. The van der Waals surface area contributed by atoms with E-state index in [1.54, 1.807) is 12.1 Å². The molecule has 20 heavy (non-hydrogen) atoms. The number of nitrogens with zero attached hydrogens (tertiary/aromatic N) is 1. The zero-order chi connectivity index (χ0) is 14.8. The highest BCUT2D eigenvalue weighted by molar-refractivity contribution is 5.69. The minimum Gasteiger partial charge on any atom is -0.484 e. The van der Waals surface area contributed by atoms with Gasteiger partial charge in [0.2, 0.25) is 0 Å². The number of rotatable bonds is 3. The molecule has 0 saturated heterocycles. The molecule has 1 aromatic rings. The van der Waals surface area contributed by atoms with E-state index in [1.165, 1.54) is 12.1 Å². The van der Waals surface area contributed by atoms with Crippen molar-refractivity contribution in [3.63, 3.8) is 0 Å². The van der Waals surface area contributed by atoms with E-state index in [0.29, 0.717) is 0 Å². The fraction of sp³-hybridized carbons (Fsp3) is 0.200. The molecule has 0 N–H and O–H groups in total. The van der Waals surface area contributed by atoms with Crippen LogP contribution in [0.1, 0.15) is 5.56 Å². The molecule has 1 aliphatic rings. The fourth-order valence-corrected chi connectivity index (χ4v) is 1.81. The van der Waals surface area contributed by atoms with Gasteiger partial charge >= 0.3 is 6.18 Å². The highest BCUT2D eigenvalue weighted by Crippen LogP contribution is 2.27. The number of benzene rings is 1. The minimum atomic E-state index is -4.33. The lowest BCUT2D eigenvalue weighted by atomic mass is 10.1. The Morgan fingerprint density at radius 2 is 1.85 bits per heavy atom. The van der Waals surface area contributed by atoms with Gasteiger partial charge in [-0.05, 0) is 42.0 Å². The van der Waals surface area contributed by atoms with Crippen LogP contribution in [-0.2, 0) is 0 Å². The fourth-order valence-electron chi connectivity index (χ4n) is 1.81. The molecule has 0 amide bonds. The molecule has 0 unspecified atom stereocenters. The first-order valence-corrected chi connectivity index (χ1v) is 5.98. The second-order valence-electron chi connectivity index (χ2n) is 4.39. The van der Waals surface area contributed by atoms with Gasteiger partial charge in [0.05, 0.1) is 0 Å². The van der Waals surface area contributed by atoms with E-state index in [0.717, 1.165) is 17.0 Å². The van der Waals surface area contributed by atoms with Gasteiger partial charge in [0.15, 0.2) is 6.61 Å². The lowest BCUT2D eigenvalue weighted by Crippen LogP contribution is -2.19. The van der Waals surface area contributed by atoms with Crippen molar-refractivity contribution >= 4 is 5.70 Å². The highest BCUT2D eigenvalue weighted by Gasteiger charge is 2.28. The summed E-state index contributed by atoms with van der Waals surface area (Å²) in [5, 5.41) is 0. The van der Waals surface area contributed by atoms with E-state index in [9.17, 15) is 13.2 Å². The molecular formula is C15H14F3NO. The number of allylic oxidation sites excluding steroid dienone is 3. The molecule has 2 nitrogen and oxygen atoms in total. The maximum absolute atomic E-state index is 12.0. The van der Waals surface area contributed by atoms with Gasteiger partial charge in [0.25, 0.3) is 0 Å². The standard InChI is InChI=1S/C15H14F3NO/c1-11-4-3-5-14(19(11)2)12-6-8-13(9-7-12)20-10-15(16,17)18/h3-9H,1,10H2,2H3. The third-order valence-electron chi connectivity index (χ3n) is 2.89. The van der Waals surface area contributed by atoms with Gasteiger partial charge in [-0.3, -0.25) is 0 Å². The van der Waals surface area contributed by atoms with Crippen LogP contribution in [-0.4, -0.2) is 24.7 Å². The van der Waals surface area contributed by atoms with E-state index >= 15 is 0 Å². The molecule has 0 aliphatic carbocycles. The Labute approximate surface area is 115 Å². The van der Waals surface area contributed by atoms with E-state index in [2.05, 4.69) is 11.3 Å². The lowest BCUT2D eigenvalue weighted by Gasteiger charge is -2.25. The molecule has 0 saturated carbocycles. The maximum Gasteiger partial charge on any atom is 0.422 e. The van der Waals surface area contributed by atoms with E-state index in [-0.39, 0.29) is 5.75 Å². The predicted molar refractivity (Wildman–Crippen MR) is 72.0 cm³/mol. The molecule has 2 rings (SSSR count). The monoisotopic (exact) mass is 281 g/mol. The van der Waals surface area contributed by atoms with Crippen LogP contribution in [0, 0.1) is 0 Å². The van der Waals surface area contributed by atoms with Crippen molar-refractivity contribution in [2.24, 2.45) is 0 Å². The molecule has 0 bridgehead atoms. The molecule has 0 radical (unpaired) electrons. The van der Waals surface area contributed by atoms with Crippen molar-refractivity contribution in [3.05, 3.63) is 60.3 Å². The average Bonchev–Trinajstić information content (AvgIpc) is 2.40. The van der Waals surface area contributed by atoms with Crippen molar-refractivity contribution < 1.29 is 17.9 Å². The second-order valence-corrected chi connectivity index (χ2v) is 4.39. The summed E-state index contributed by atoms with van der Waals surface area (Å²) >= 11 is 0. The van der Waals surface area contributed by atoms with Crippen LogP contribution in [0.15, 0.2) is 54.8 Å². The van der Waals surface area contributed by atoms with Gasteiger partial charge in [-0.15, -0.1) is 0 Å². The highest BCUT2D eigenvalue weighted by atomic mass is 19.4. The molecule has 0 atom stereocenters. The topological polar surface area (TPSA) is 12.5 Å². The van der Waals surface area contributed by atoms with Crippen LogP contribution in [0.4, 0.5) is 13.2 Å². The summed E-state index contributed by atoms with van der Waals surface area (Å²) in [5.41, 5.74) is 2.66. The van der Waals surface area contributed by atoms with Gasteiger partial charge in [-0.25, -0.2) is 0 Å². The Morgan fingerprint density at radius 3 is 2.45 bits per heavy atom. The SMILES string of the molecule is C=C1C=CC=C(c2ccc(OCC(F)(F)F)cc2)N1C. The second kappa shape index (κ2) is 5.45. The first-order chi connectivity index (χ1) is 9.37. The van der Waals surface area contributed by atoms with Crippen molar-refractivity contribution in [3.8, 4) is 5.75 Å². The number of hydrogen-bond donors (Lipinski definition) is 0. The van der Waals surface area contributed by atoms with E-state index in [1.807, 2.05) is 30.2 Å². The quantitative estimate of drug-likeness (QED) is 0.830. The third-order valence-corrected chi connectivity index (χ3v) is 2.89. The molecule has 106 valence electrons. The van der Waals surface area contributed by atoms with Crippen LogP contribution in [0.25, 0.3) is 5.70 Å². The number of hydrogen-bond acceptors (Lipinski definition) is 2. The Bertz CT molecular complexity index is 555. The number of alkyl halides is 3. The zero-order valence-electron chi connectivity index (χ0n) is 10.9. The maximum atomic E-state index is 12.0. The number of halogens is 3. The first-order valence-electron chi connectivity index (χ1n) is 5.98. The van der Waals surface area contributed by atoms with Crippen molar-refractivity contribution in [1.29, 1.82) is 0 Å². The van der Waals surface area contributed by atoms with Gasteiger partial charge in [-0.2, -0.15) is 13.2 Å². The van der Waals surface area contributed by atoms with Crippen LogP contribution >= 0.6 is 0 Å². The molecule has 1 aromatic carbocycles. The number of likely N-dealkylation sites (N-methyl/N-ethyl adjacent to an activating group) is 1. The molecule has 0 aromatic heterocycles. The summed E-state index contributed by atoms with van der Waals surface area (Å²) in [7, 11) is 1.88. The van der Waals surface area contributed by atoms with Gasteiger partial charge in [-0.1, -0.05) is 12.7 Å². The Balaban J connectivity index is 2.11. The first kappa shape index (κ1) is 14.2. The van der Waals surface area contributed by atoms with Crippen LogP contribution in [0.3, 0.4) is 0 Å². The van der Waals surface area contributed by atoms with Crippen molar-refractivity contribution in [2.75, 3.05) is 13.7 Å². The van der Waals surface area contributed by atoms with Crippen LogP contribution in [0.2, 0.25) is 0 Å². The molecule has 1 aliphatic heterocycles.